The van der Waals surface area contributed by atoms with E-state index in [4.69, 9.17) is 10.5 Å². The first kappa shape index (κ1) is 14.7. The molecular weight excluding hydrogens is 273 g/mol. The van der Waals surface area contributed by atoms with Crippen LogP contribution in [0.3, 0.4) is 0 Å². The van der Waals surface area contributed by atoms with E-state index in [-0.39, 0.29) is 24.5 Å². The van der Waals surface area contributed by atoms with Gasteiger partial charge in [0.05, 0.1) is 12.5 Å². The summed E-state index contributed by atoms with van der Waals surface area (Å²) in [6.07, 6.45) is -2.34. The molecule has 0 saturated carbocycles. The summed E-state index contributed by atoms with van der Waals surface area (Å²) in [6.45, 7) is 2.53. The van der Waals surface area contributed by atoms with Crippen molar-refractivity contribution >= 4 is 11.5 Å². The summed E-state index contributed by atoms with van der Waals surface area (Å²) in [5, 5.41) is 0. The van der Waals surface area contributed by atoms with Crippen LogP contribution in [0.2, 0.25) is 0 Å². The monoisotopic (exact) mass is 290 g/mol. The molecule has 2 N–H and O–H groups in total. The van der Waals surface area contributed by atoms with Crippen molar-refractivity contribution in [3.05, 3.63) is 6.33 Å². The third kappa shape index (κ3) is 3.05. The van der Waals surface area contributed by atoms with Gasteiger partial charge in [0.25, 0.3) is 0 Å². The largest absolute Gasteiger partial charge is 0.476 e. The average Bonchev–Trinajstić information content (AvgIpc) is 2.41. The maximum Gasteiger partial charge on any atom is 0.393 e. The molecule has 20 heavy (non-hydrogen) atoms. The zero-order valence-electron chi connectivity index (χ0n) is 11.2. The number of hydrogen-bond acceptors (Lipinski definition) is 5. The van der Waals surface area contributed by atoms with Crippen LogP contribution in [0.1, 0.15) is 19.8 Å². The molecule has 1 aliphatic rings. The molecule has 0 amide bonds. The lowest BCUT2D eigenvalue weighted by Gasteiger charge is -2.34. The van der Waals surface area contributed by atoms with Crippen LogP contribution >= 0.6 is 0 Å². The van der Waals surface area contributed by atoms with Crippen molar-refractivity contribution in [3.8, 4) is 5.88 Å². The molecule has 0 radical (unpaired) electrons. The van der Waals surface area contributed by atoms with Gasteiger partial charge in [-0.15, -0.1) is 0 Å². The molecule has 0 aliphatic carbocycles. The van der Waals surface area contributed by atoms with E-state index in [0.29, 0.717) is 25.4 Å². The number of piperidine rings is 1. The predicted octanol–water partition coefficient (Wildman–Crippen LogP) is 2.24. The third-order valence-electron chi connectivity index (χ3n) is 3.29. The van der Waals surface area contributed by atoms with Crippen molar-refractivity contribution in [1.82, 2.24) is 9.97 Å². The number of aromatic nitrogens is 2. The van der Waals surface area contributed by atoms with Crippen molar-refractivity contribution in [3.63, 3.8) is 0 Å². The SMILES string of the molecule is CCOc1ncnc(N2CCCC(C(F)(F)F)C2)c1N. The quantitative estimate of drug-likeness (QED) is 0.925. The maximum absolute atomic E-state index is 12.8. The van der Waals surface area contributed by atoms with Crippen molar-refractivity contribution in [2.75, 3.05) is 30.3 Å². The van der Waals surface area contributed by atoms with Crippen LogP contribution in [0.15, 0.2) is 6.33 Å². The van der Waals surface area contributed by atoms with Crippen LogP contribution in [0.25, 0.3) is 0 Å². The standard InChI is InChI=1S/C12H17F3N4O/c1-2-20-11-9(16)10(17-7-18-11)19-5-3-4-8(6-19)12(13,14)15/h7-8H,2-6,16H2,1H3. The maximum atomic E-state index is 12.8. The predicted molar refractivity (Wildman–Crippen MR) is 68.6 cm³/mol. The van der Waals surface area contributed by atoms with Gasteiger partial charge in [0.1, 0.15) is 12.0 Å². The highest BCUT2D eigenvalue weighted by Crippen LogP contribution is 2.36. The normalized spacial score (nSPS) is 20.0. The third-order valence-corrected chi connectivity index (χ3v) is 3.29. The highest BCUT2D eigenvalue weighted by molar-refractivity contribution is 5.67. The summed E-state index contributed by atoms with van der Waals surface area (Å²) < 4.78 is 43.7. The molecule has 2 rings (SSSR count). The first-order valence-electron chi connectivity index (χ1n) is 6.48. The Hall–Kier alpha value is -1.73. The molecular formula is C12H17F3N4O. The summed E-state index contributed by atoms with van der Waals surface area (Å²) in [5.74, 6) is -0.815. The second kappa shape index (κ2) is 5.72. The van der Waals surface area contributed by atoms with E-state index in [1.807, 2.05) is 0 Å². The Morgan fingerprint density at radius 2 is 2.20 bits per heavy atom. The summed E-state index contributed by atoms with van der Waals surface area (Å²) in [4.78, 5) is 9.44. The second-order valence-corrected chi connectivity index (χ2v) is 4.68. The molecule has 112 valence electrons. The number of halogens is 3. The minimum absolute atomic E-state index is 0.129. The van der Waals surface area contributed by atoms with Crippen molar-refractivity contribution in [2.24, 2.45) is 5.92 Å². The second-order valence-electron chi connectivity index (χ2n) is 4.68. The zero-order chi connectivity index (χ0) is 14.8. The first-order valence-corrected chi connectivity index (χ1v) is 6.48. The Bertz CT molecular complexity index is 467. The van der Waals surface area contributed by atoms with Crippen LogP contribution < -0.4 is 15.4 Å². The van der Waals surface area contributed by atoms with Gasteiger partial charge in [-0.25, -0.2) is 4.98 Å². The zero-order valence-corrected chi connectivity index (χ0v) is 11.2. The molecule has 1 aliphatic heterocycles. The van der Waals surface area contributed by atoms with Gasteiger partial charge < -0.3 is 15.4 Å². The Labute approximate surface area is 114 Å². The lowest BCUT2D eigenvalue weighted by molar-refractivity contribution is -0.176. The Balaban J connectivity index is 2.21. The van der Waals surface area contributed by atoms with E-state index < -0.39 is 12.1 Å². The van der Waals surface area contributed by atoms with Gasteiger partial charge in [0.2, 0.25) is 5.88 Å². The highest BCUT2D eigenvalue weighted by atomic mass is 19.4. The molecule has 0 bridgehead atoms. The van der Waals surface area contributed by atoms with E-state index in [1.54, 1.807) is 11.8 Å². The number of rotatable bonds is 3. The molecule has 2 heterocycles. The Morgan fingerprint density at radius 1 is 1.45 bits per heavy atom. The average molecular weight is 290 g/mol. The smallest absolute Gasteiger partial charge is 0.393 e. The van der Waals surface area contributed by atoms with Crippen LogP contribution in [-0.4, -0.2) is 35.8 Å². The van der Waals surface area contributed by atoms with Crippen LogP contribution in [0.4, 0.5) is 24.7 Å². The number of nitrogens with two attached hydrogens (primary N) is 1. The fourth-order valence-electron chi connectivity index (χ4n) is 2.31. The van der Waals surface area contributed by atoms with E-state index in [0.717, 1.165) is 0 Å². The number of nitrogens with zero attached hydrogens (tertiary/aromatic N) is 3. The van der Waals surface area contributed by atoms with E-state index >= 15 is 0 Å². The molecule has 1 aromatic heterocycles. The lowest BCUT2D eigenvalue weighted by atomic mass is 9.97. The van der Waals surface area contributed by atoms with E-state index in [2.05, 4.69) is 9.97 Å². The van der Waals surface area contributed by atoms with Gasteiger partial charge >= 0.3 is 6.18 Å². The lowest BCUT2D eigenvalue weighted by Crippen LogP contribution is -2.42. The number of ether oxygens (including phenoxy) is 1. The molecule has 8 heteroatoms. The Morgan fingerprint density at radius 3 is 2.85 bits per heavy atom. The van der Waals surface area contributed by atoms with Crippen molar-refractivity contribution in [2.45, 2.75) is 25.9 Å². The summed E-state index contributed by atoms with van der Waals surface area (Å²) >= 11 is 0. The summed E-state index contributed by atoms with van der Waals surface area (Å²) in [5.41, 5.74) is 6.07. The van der Waals surface area contributed by atoms with Gasteiger partial charge in [0.15, 0.2) is 5.82 Å². The number of anilines is 2. The molecule has 5 nitrogen and oxygen atoms in total. The fourth-order valence-corrected chi connectivity index (χ4v) is 2.31. The van der Waals surface area contributed by atoms with Gasteiger partial charge in [-0.2, -0.15) is 18.2 Å². The minimum atomic E-state index is -4.19. The topological polar surface area (TPSA) is 64.3 Å². The van der Waals surface area contributed by atoms with Gasteiger partial charge in [-0.3, -0.25) is 0 Å². The summed E-state index contributed by atoms with van der Waals surface area (Å²) in [6, 6.07) is 0. The van der Waals surface area contributed by atoms with Crippen molar-refractivity contribution < 1.29 is 17.9 Å². The van der Waals surface area contributed by atoms with Crippen LogP contribution in [0.5, 0.6) is 5.88 Å². The van der Waals surface area contributed by atoms with Crippen LogP contribution in [0, 0.1) is 5.92 Å². The van der Waals surface area contributed by atoms with Gasteiger partial charge in [-0.05, 0) is 19.8 Å². The number of nitrogen functional groups attached to an aromatic ring is 1. The van der Waals surface area contributed by atoms with E-state index in [1.165, 1.54) is 6.33 Å². The molecule has 0 aromatic carbocycles. The summed E-state index contributed by atoms with van der Waals surface area (Å²) in [7, 11) is 0. The molecule has 0 spiro atoms. The minimum Gasteiger partial charge on any atom is -0.476 e. The van der Waals surface area contributed by atoms with Gasteiger partial charge in [0, 0.05) is 13.1 Å². The number of hydrogen-bond donors (Lipinski definition) is 1. The van der Waals surface area contributed by atoms with Crippen LogP contribution in [-0.2, 0) is 0 Å². The van der Waals surface area contributed by atoms with Gasteiger partial charge in [-0.1, -0.05) is 0 Å². The fraction of sp³-hybridized carbons (Fsp3) is 0.667. The number of alkyl halides is 3. The molecule has 1 aromatic rings. The molecule has 1 saturated heterocycles. The molecule has 1 atom stereocenters. The Kier molecular flexibility index (Phi) is 4.20. The highest BCUT2D eigenvalue weighted by Gasteiger charge is 2.42. The van der Waals surface area contributed by atoms with E-state index in [9.17, 15) is 13.2 Å². The molecule has 1 unspecified atom stereocenters. The van der Waals surface area contributed by atoms with Crippen molar-refractivity contribution in [1.29, 1.82) is 0 Å². The molecule has 1 fully saturated rings. The first-order chi connectivity index (χ1) is 9.43.